The van der Waals surface area contributed by atoms with Crippen molar-refractivity contribution in [2.75, 3.05) is 24.5 Å². The first kappa shape index (κ1) is 16.3. The Kier molecular flexibility index (Phi) is 4.61. The number of hydrogen-bond acceptors (Lipinski definition) is 4. The molecule has 0 radical (unpaired) electrons. The summed E-state index contributed by atoms with van der Waals surface area (Å²) >= 11 is 0. The average molecular weight is 293 g/mol. The van der Waals surface area contributed by atoms with Crippen LogP contribution in [0.25, 0.3) is 0 Å². The predicted octanol–water partition coefficient (Wildman–Crippen LogP) is 2.59. The summed E-state index contributed by atoms with van der Waals surface area (Å²) in [6, 6.07) is 0. The van der Waals surface area contributed by atoms with Crippen LogP contribution in [0.2, 0.25) is 0 Å². The summed E-state index contributed by atoms with van der Waals surface area (Å²) in [5.41, 5.74) is 6.40. The Balaban J connectivity index is 2.03. The van der Waals surface area contributed by atoms with Crippen molar-refractivity contribution in [1.82, 2.24) is 15.2 Å². The highest BCUT2D eigenvalue weighted by atomic mass is 15.4. The van der Waals surface area contributed by atoms with E-state index in [1.807, 2.05) is 0 Å². The number of nitrogens with two attached hydrogens (primary N) is 1. The normalized spacial score (nSPS) is 25.1. The van der Waals surface area contributed by atoms with Gasteiger partial charge in [-0.05, 0) is 36.1 Å². The van der Waals surface area contributed by atoms with Gasteiger partial charge in [0.15, 0.2) is 0 Å². The van der Waals surface area contributed by atoms with Gasteiger partial charge in [-0.25, -0.2) is 0 Å². The molecule has 0 amide bonds. The quantitative estimate of drug-likeness (QED) is 0.895. The SMILES string of the molecule is CC(Cc1nc(N2CCCC(C)(CN)C2)n[nH]1)C(C)(C)C. The Hall–Kier alpha value is -1.10. The average Bonchev–Trinajstić information content (AvgIpc) is 2.86. The van der Waals surface area contributed by atoms with Crippen LogP contribution in [0.5, 0.6) is 0 Å². The minimum Gasteiger partial charge on any atom is -0.339 e. The van der Waals surface area contributed by atoms with Crippen LogP contribution in [-0.4, -0.2) is 34.8 Å². The van der Waals surface area contributed by atoms with Crippen molar-refractivity contribution in [2.24, 2.45) is 22.5 Å². The molecule has 2 rings (SSSR count). The summed E-state index contributed by atoms with van der Waals surface area (Å²) in [7, 11) is 0. The van der Waals surface area contributed by atoms with E-state index in [9.17, 15) is 0 Å². The van der Waals surface area contributed by atoms with E-state index < -0.39 is 0 Å². The molecule has 0 aliphatic carbocycles. The number of hydrogen-bond donors (Lipinski definition) is 2. The molecule has 1 aromatic heterocycles. The molecule has 1 fully saturated rings. The summed E-state index contributed by atoms with van der Waals surface area (Å²) in [4.78, 5) is 6.98. The van der Waals surface area contributed by atoms with Gasteiger partial charge in [0.2, 0.25) is 5.95 Å². The molecule has 0 aromatic carbocycles. The van der Waals surface area contributed by atoms with Crippen LogP contribution in [0.1, 0.15) is 53.3 Å². The van der Waals surface area contributed by atoms with E-state index in [0.29, 0.717) is 5.92 Å². The molecule has 2 heterocycles. The highest BCUT2D eigenvalue weighted by Crippen LogP contribution is 2.31. The molecule has 1 aliphatic rings. The zero-order valence-electron chi connectivity index (χ0n) is 14.2. The molecule has 3 N–H and O–H groups in total. The first-order valence-electron chi connectivity index (χ1n) is 8.10. The standard InChI is InChI=1S/C16H31N5/c1-12(15(2,3)4)9-13-18-14(20-19-13)21-8-6-7-16(5,10-17)11-21/h12H,6-11,17H2,1-5H3,(H,18,19,20). The molecule has 2 unspecified atom stereocenters. The number of nitrogens with one attached hydrogen (secondary N) is 1. The number of aromatic nitrogens is 3. The highest BCUT2D eigenvalue weighted by Gasteiger charge is 2.31. The zero-order chi connectivity index (χ0) is 15.7. The number of aromatic amines is 1. The third-order valence-corrected chi connectivity index (χ3v) is 5.05. The van der Waals surface area contributed by atoms with Gasteiger partial charge in [0.25, 0.3) is 0 Å². The summed E-state index contributed by atoms with van der Waals surface area (Å²) in [5, 5.41) is 7.54. The minimum absolute atomic E-state index is 0.192. The van der Waals surface area contributed by atoms with Crippen molar-refractivity contribution in [3.05, 3.63) is 5.82 Å². The Morgan fingerprint density at radius 1 is 1.43 bits per heavy atom. The Morgan fingerprint density at radius 3 is 2.76 bits per heavy atom. The topological polar surface area (TPSA) is 70.8 Å². The zero-order valence-corrected chi connectivity index (χ0v) is 14.2. The number of rotatable bonds is 4. The van der Waals surface area contributed by atoms with E-state index in [1.165, 1.54) is 6.42 Å². The minimum atomic E-state index is 0.192. The van der Waals surface area contributed by atoms with E-state index in [-0.39, 0.29) is 10.8 Å². The van der Waals surface area contributed by atoms with Crippen molar-refractivity contribution >= 4 is 5.95 Å². The molecular weight excluding hydrogens is 262 g/mol. The first-order valence-corrected chi connectivity index (χ1v) is 8.10. The number of H-pyrrole nitrogens is 1. The fourth-order valence-corrected chi connectivity index (χ4v) is 2.77. The molecule has 0 bridgehead atoms. The van der Waals surface area contributed by atoms with Crippen LogP contribution >= 0.6 is 0 Å². The maximum absolute atomic E-state index is 5.92. The van der Waals surface area contributed by atoms with Gasteiger partial charge in [-0.1, -0.05) is 34.6 Å². The molecule has 5 nitrogen and oxygen atoms in total. The molecule has 0 saturated carbocycles. The molecule has 120 valence electrons. The molecule has 5 heteroatoms. The van der Waals surface area contributed by atoms with Gasteiger partial charge in [-0.3, -0.25) is 5.10 Å². The van der Waals surface area contributed by atoms with Crippen LogP contribution in [0.4, 0.5) is 5.95 Å². The lowest BCUT2D eigenvalue weighted by Crippen LogP contribution is -2.46. The van der Waals surface area contributed by atoms with Crippen molar-refractivity contribution in [3.63, 3.8) is 0 Å². The van der Waals surface area contributed by atoms with Crippen molar-refractivity contribution in [2.45, 2.75) is 53.9 Å². The van der Waals surface area contributed by atoms with Gasteiger partial charge >= 0.3 is 0 Å². The first-order chi connectivity index (χ1) is 9.73. The lowest BCUT2D eigenvalue weighted by Gasteiger charge is -2.39. The second-order valence-corrected chi connectivity index (χ2v) is 8.09. The molecule has 21 heavy (non-hydrogen) atoms. The molecule has 1 saturated heterocycles. The van der Waals surface area contributed by atoms with Gasteiger partial charge in [0.1, 0.15) is 5.82 Å². The van der Waals surface area contributed by atoms with Gasteiger partial charge in [0, 0.05) is 19.5 Å². The van der Waals surface area contributed by atoms with Crippen LogP contribution in [0, 0.1) is 16.7 Å². The summed E-state index contributed by atoms with van der Waals surface area (Å²) < 4.78 is 0. The fraction of sp³-hybridized carbons (Fsp3) is 0.875. The maximum Gasteiger partial charge on any atom is 0.244 e. The molecular formula is C16H31N5. The van der Waals surface area contributed by atoms with E-state index in [1.54, 1.807) is 0 Å². The monoisotopic (exact) mass is 293 g/mol. The van der Waals surface area contributed by atoms with Crippen LogP contribution in [0.3, 0.4) is 0 Å². The third kappa shape index (κ3) is 3.96. The lowest BCUT2D eigenvalue weighted by atomic mass is 9.80. The Morgan fingerprint density at radius 2 is 2.14 bits per heavy atom. The van der Waals surface area contributed by atoms with Crippen molar-refractivity contribution < 1.29 is 0 Å². The van der Waals surface area contributed by atoms with E-state index >= 15 is 0 Å². The molecule has 1 aliphatic heterocycles. The van der Waals surface area contributed by atoms with Crippen LogP contribution in [-0.2, 0) is 6.42 Å². The van der Waals surface area contributed by atoms with Crippen LogP contribution in [0.15, 0.2) is 0 Å². The van der Waals surface area contributed by atoms with Gasteiger partial charge in [-0.2, -0.15) is 4.98 Å². The Bertz CT molecular complexity index is 461. The smallest absolute Gasteiger partial charge is 0.244 e. The Labute approximate surface area is 128 Å². The molecule has 2 atom stereocenters. The van der Waals surface area contributed by atoms with E-state index in [2.05, 4.69) is 49.7 Å². The van der Waals surface area contributed by atoms with Crippen molar-refractivity contribution in [1.29, 1.82) is 0 Å². The second kappa shape index (κ2) is 5.95. The number of piperidine rings is 1. The van der Waals surface area contributed by atoms with E-state index in [4.69, 9.17) is 10.7 Å². The highest BCUT2D eigenvalue weighted by molar-refractivity contribution is 5.30. The van der Waals surface area contributed by atoms with Gasteiger partial charge in [0.05, 0.1) is 0 Å². The molecule has 1 aromatic rings. The molecule has 0 spiro atoms. The summed E-state index contributed by atoms with van der Waals surface area (Å²) in [5.74, 6) is 2.40. The maximum atomic E-state index is 5.92. The van der Waals surface area contributed by atoms with Gasteiger partial charge < -0.3 is 10.6 Å². The summed E-state index contributed by atoms with van der Waals surface area (Å²) in [6.07, 6.45) is 3.30. The summed E-state index contributed by atoms with van der Waals surface area (Å²) in [6.45, 7) is 14.0. The fourth-order valence-electron chi connectivity index (χ4n) is 2.77. The number of anilines is 1. The van der Waals surface area contributed by atoms with E-state index in [0.717, 1.165) is 44.2 Å². The van der Waals surface area contributed by atoms with Crippen LogP contribution < -0.4 is 10.6 Å². The third-order valence-electron chi connectivity index (χ3n) is 5.05. The largest absolute Gasteiger partial charge is 0.339 e. The van der Waals surface area contributed by atoms with Crippen molar-refractivity contribution in [3.8, 4) is 0 Å². The second-order valence-electron chi connectivity index (χ2n) is 8.09. The van der Waals surface area contributed by atoms with Gasteiger partial charge in [-0.15, -0.1) is 5.10 Å². The lowest BCUT2D eigenvalue weighted by molar-refractivity contribution is 0.256. The number of nitrogens with zero attached hydrogens (tertiary/aromatic N) is 3. The predicted molar refractivity (Wildman–Crippen MR) is 87.3 cm³/mol.